The Labute approximate surface area is 127 Å². The predicted molar refractivity (Wildman–Crippen MR) is 86.2 cm³/mol. The highest BCUT2D eigenvalue weighted by Gasteiger charge is 2.32. The number of benzene rings is 2. The largest absolute Gasteiger partial charge is 0.387 e. The number of hydrogen-bond donors (Lipinski definition) is 1. The summed E-state index contributed by atoms with van der Waals surface area (Å²) in [6, 6.07) is 14.4. The molecule has 0 amide bonds. The zero-order valence-corrected chi connectivity index (χ0v) is 12.8. The Morgan fingerprint density at radius 3 is 2.48 bits per heavy atom. The Morgan fingerprint density at radius 2 is 1.76 bits per heavy atom. The van der Waals surface area contributed by atoms with E-state index in [1.807, 2.05) is 37.4 Å². The monoisotopic (exact) mass is 300 g/mol. The Bertz CT molecular complexity index is 758. The summed E-state index contributed by atoms with van der Waals surface area (Å²) in [4.78, 5) is 0. The van der Waals surface area contributed by atoms with Crippen LogP contribution in [-0.2, 0) is 5.41 Å². The van der Waals surface area contributed by atoms with E-state index in [1.54, 1.807) is 23.5 Å². The number of thiophene rings is 1. The van der Waals surface area contributed by atoms with Gasteiger partial charge in [0.15, 0.2) is 0 Å². The Morgan fingerprint density at radius 1 is 1.05 bits per heavy atom. The molecule has 1 aromatic heterocycles. The van der Waals surface area contributed by atoms with E-state index in [-0.39, 0.29) is 5.82 Å². The topological polar surface area (TPSA) is 20.2 Å². The number of fused-ring (bicyclic) bond motifs is 1. The van der Waals surface area contributed by atoms with Gasteiger partial charge in [-0.05, 0) is 40.1 Å². The number of rotatable bonds is 3. The normalized spacial score (nSPS) is 13.5. The molecule has 0 aliphatic heterocycles. The molecular formula is C18H17FOS. The number of aliphatic hydroxyl groups is 1. The zero-order valence-electron chi connectivity index (χ0n) is 12.0. The van der Waals surface area contributed by atoms with Gasteiger partial charge < -0.3 is 5.11 Å². The van der Waals surface area contributed by atoms with Crippen molar-refractivity contribution in [1.29, 1.82) is 0 Å². The van der Waals surface area contributed by atoms with Gasteiger partial charge in [0.1, 0.15) is 5.82 Å². The average Bonchev–Trinajstić information content (AvgIpc) is 2.95. The van der Waals surface area contributed by atoms with E-state index in [4.69, 9.17) is 0 Å². The molecular weight excluding hydrogens is 283 g/mol. The average molecular weight is 300 g/mol. The number of aliphatic hydroxyl groups excluding tert-OH is 1. The highest BCUT2D eigenvalue weighted by atomic mass is 32.1. The smallest absolute Gasteiger partial charge is 0.123 e. The van der Waals surface area contributed by atoms with Crippen molar-refractivity contribution in [2.24, 2.45) is 0 Å². The fourth-order valence-corrected chi connectivity index (χ4v) is 3.60. The maximum absolute atomic E-state index is 13.1. The maximum atomic E-state index is 13.1. The summed E-state index contributed by atoms with van der Waals surface area (Å²) in [7, 11) is 0. The first kappa shape index (κ1) is 14.2. The van der Waals surface area contributed by atoms with Gasteiger partial charge in [-0.25, -0.2) is 4.39 Å². The standard InChI is InChI=1S/C18H17FOS/c1-18(2,13-6-8-14(19)9-7-13)17(20)15-5-3-4-12-10-11-21-16(12)15/h3-11,17,20H,1-2H3. The minimum absolute atomic E-state index is 0.260. The second-order valence-electron chi connectivity index (χ2n) is 5.82. The molecule has 0 fully saturated rings. The molecule has 3 heteroatoms. The molecule has 0 spiro atoms. The van der Waals surface area contributed by atoms with Crippen LogP contribution in [0.5, 0.6) is 0 Å². The van der Waals surface area contributed by atoms with Crippen molar-refractivity contribution in [1.82, 2.24) is 0 Å². The van der Waals surface area contributed by atoms with Crippen molar-refractivity contribution in [2.75, 3.05) is 0 Å². The Kier molecular flexibility index (Phi) is 3.56. The van der Waals surface area contributed by atoms with Crippen molar-refractivity contribution in [3.63, 3.8) is 0 Å². The lowest BCUT2D eigenvalue weighted by atomic mass is 9.76. The first-order valence-corrected chi connectivity index (χ1v) is 7.78. The molecule has 0 bridgehead atoms. The zero-order chi connectivity index (χ0) is 15.0. The molecule has 21 heavy (non-hydrogen) atoms. The van der Waals surface area contributed by atoms with Gasteiger partial charge in [-0.1, -0.05) is 44.2 Å². The molecule has 2 aromatic carbocycles. The summed E-state index contributed by atoms with van der Waals surface area (Å²) in [5.41, 5.74) is 1.35. The lowest BCUT2D eigenvalue weighted by Crippen LogP contribution is -2.26. The van der Waals surface area contributed by atoms with Crippen LogP contribution in [0.25, 0.3) is 10.1 Å². The highest BCUT2D eigenvalue weighted by Crippen LogP contribution is 2.40. The third-order valence-electron chi connectivity index (χ3n) is 4.08. The van der Waals surface area contributed by atoms with Crippen LogP contribution >= 0.6 is 11.3 Å². The number of halogens is 1. The molecule has 1 atom stereocenters. The lowest BCUT2D eigenvalue weighted by molar-refractivity contribution is 0.102. The minimum atomic E-state index is -0.648. The van der Waals surface area contributed by atoms with Gasteiger partial charge in [0.05, 0.1) is 6.10 Å². The molecule has 1 heterocycles. The van der Waals surface area contributed by atoms with Crippen LogP contribution in [0.15, 0.2) is 53.9 Å². The molecule has 108 valence electrons. The molecule has 3 aromatic rings. The van der Waals surface area contributed by atoms with Gasteiger partial charge in [-0.3, -0.25) is 0 Å². The van der Waals surface area contributed by atoms with Crippen LogP contribution in [0, 0.1) is 5.82 Å². The second kappa shape index (κ2) is 5.24. The summed E-state index contributed by atoms with van der Waals surface area (Å²) >= 11 is 1.64. The minimum Gasteiger partial charge on any atom is -0.387 e. The van der Waals surface area contributed by atoms with Gasteiger partial charge in [-0.2, -0.15) is 0 Å². The molecule has 0 radical (unpaired) electrons. The fourth-order valence-electron chi connectivity index (χ4n) is 2.66. The fraction of sp³-hybridized carbons (Fsp3) is 0.222. The quantitative estimate of drug-likeness (QED) is 0.717. The maximum Gasteiger partial charge on any atom is 0.123 e. The van der Waals surface area contributed by atoms with Crippen LogP contribution in [0.1, 0.15) is 31.1 Å². The van der Waals surface area contributed by atoms with Crippen LogP contribution in [-0.4, -0.2) is 5.11 Å². The van der Waals surface area contributed by atoms with E-state index < -0.39 is 11.5 Å². The summed E-state index contributed by atoms with van der Waals surface area (Å²) < 4.78 is 14.2. The van der Waals surface area contributed by atoms with Crippen molar-refractivity contribution < 1.29 is 9.50 Å². The summed E-state index contributed by atoms with van der Waals surface area (Å²) in [6.07, 6.45) is -0.648. The number of hydrogen-bond acceptors (Lipinski definition) is 2. The Balaban J connectivity index is 2.05. The third kappa shape index (κ3) is 2.47. The van der Waals surface area contributed by atoms with Gasteiger partial charge >= 0.3 is 0 Å². The lowest BCUT2D eigenvalue weighted by Gasteiger charge is -2.31. The van der Waals surface area contributed by atoms with E-state index in [0.717, 1.165) is 21.2 Å². The second-order valence-corrected chi connectivity index (χ2v) is 6.73. The summed E-state index contributed by atoms with van der Waals surface area (Å²) in [6.45, 7) is 3.97. The third-order valence-corrected chi connectivity index (χ3v) is 5.06. The summed E-state index contributed by atoms with van der Waals surface area (Å²) in [5.74, 6) is -0.260. The first-order valence-electron chi connectivity index (χ1n) is 6.90. The molecule has 1 N–H and O–H groups in total. The van der Waals surface area contributed by atoms with E-state index >= 15 is 0 Å². The summed E-state index contributed by atoms with van der Waals surface area (Å²) in [5, 5.41) is 14.1. The van der Waals surface area contributed by atoms with Crippen molar-refractivity contribution in [2.45, 2.75) is 25.4 Å². The first-order chi connectivity index (χ1) is 10.00. The Hall–Kier alpha value is -1.71. The molecule has 0 saturated heterocycles. The molecule has 0 aliphatic rings. The van der Waals surface area contributed by atoms with E-state index in [0.29, 0.717) is 0 Å². The van der Waals surface area contributed by atoms with E-state index in [9.17, 15) is 9.50 Å². The van der Waals surface area contributed by atoms with Gasteiger partial charge in [0.2, 0.25) is 0 Å². The molecule has 3 rings (SSSR count). The predicted octanol–water partition coefficient (Wildman–Crippen LogP) is 5.05. The van der Waals surface area contributed by atoms with Crippen LogP contribution < -0.4 is 0 Å². The molecule has 0 saturated carbocycles. The van der Waals surface area contributed by atoms with Gasteiger partial charge in [0.25, 0.3) is 0 Å². The van der Waals surface area contributed by atoms with E-state index in [1.165, 1.54) is 12.1 Å². The van der Waals surface area contributed by atoms with Gasteiger partial charge in [0, 0.05) is 10.1 Å². The highest BCUT2D eigenvalue weighted by molar-refractivity contribution is 7.17. The van der Waals surface area contributed by atoms with Gasteiger partial charge in [-0.15, -0.1) is 11.3 Å². The SMILES string of the molecule is CC(C)(c1ccc(F)cc1)C(O)c1cccc2ccsc12. The van der Waals surface area contributed by atoms with Crippen molar-refractivity contribution in [3.8, 4) is 0 Å². The van der Waals surface area contributed by atoms with Crippen LogP contribution in [0.4, 0.5) is 4.39 Å². The molecule has 1 unspecified atom stereocenters. The molecule has 1 nitrogen and oxygen atoms in total. The van der Waals surface area contributed by atoms with E-state index in [2.05, 4.69) is 6.07 Å². The molecule has 0 aliphatic carbocycles. The van der Waals surface area contributed by atoms with Crippen molar-refractivity contribution >= 4 is 21.4 Å². The van der Waals surface area contributed by atoms with Crippen LogP contribution in [0.3, 0.4) is 0 Å². The van der Waals surface area contributed by atoms with Crippen LogP contribution in [0.2, 0.25) is 0 Å². The van der Waals surface area contributed by atoms with Crippen molar-refractivity contribution in [3.05, 3.63) is 70.9 Å².